The Labute approximate surface area is 239 Å². The first kappa shape index (κ1) is 31.7. The summed E-state index contributed by atoms with van der Waals surface area (Å²) in [5, 5.41) is 2.80. The Morgan fingerprint density at radius 1 is 0.902 bits per heavy atom. The Hall–Kier alpha value is -3.86. The molecule has 0 heterocycles. The number of nitrogens with zero attached hydrogens (tertiary/aromatic N) is 2. The largest absolute Gasteiger partial charge is 0.416 e. The second-order valence-electron chi connectivity index (χ2n) is 9.78. The van der Waals surface area contributed by atoms with Crippen LogP contribution in [0.2, 0.25) is 0 Å². The molecule has 220 valence electrons. The number of halogens is 3. The molecule has 1 atom stereocenters. The fourth-order valence-electron chi connectivity index (χ4n) is 4.36. The minimum Gasteiger partial charge on any atom is -0.352 e. The molecule has 0 fully saturated rings. The number of hydrogen-bond donors (Lipinski definition) is 1. The fourth-order valence-corrected chi connectivity index (χ4v) is 5.79. The molecule has 0 aliphatic carbocycles. The van der Waals surface area contributed by atoms with Crippen LogP contribution >= 0.6 is 0 Å². The van der Waals surface area contributed by atoms with Crippen LogP contribution in [0.3, 0.4) is 0 Å². The summed E-state index contributed by atoms with van der Waals surface area (Å²) in [4.78, 5) is 28.1. The summed E-state index contributed by atoms with van der Waals surface area (Å²) in [7, 11) is -4.47. The van der Waals surface area contributed by atoms with Gasteiger partial charge in [0.15, 0.2) is 0 Å². The Bertz CT molecular complexity index is 1420. The summed E-state index contributed by atoms with van der Waals surface area (Å²) >= 11 is 0. The molecule has 0 unspecified atom stereocenters. The van der Waals surface area contributed by atoms with Crippen LogP contribution in [-0.4, -0.2) is 50.3 Å². The van der Waals surface area contributed by atoms with E-state index in [9.17, 15) is 31.2 Å². The van der Waals surface area contributed by atoms with Gasteiger partial charge in [0.1, 0.15) is 12.6 Å². The lowest BCUT2D eigenvalue weighted by Crippen LogP contribution is -2.54. The van der Waals surface area contributed by atoms with Crippen LogP contribution in [0, 0.1) is 0 Å². The number of sulfonamides is 1. The molecule has 0 spiro atoms. The third-order valence-corrected chi connectivity index (χ3v) is 8.16. The highest BCUT2D eigenvalue weighted by Crippen LogP contribution is 2.33. The van der Waals surface area contributed by atoms with Gasteiger partial charge < -0.3 is 10.2 Å². The lowest BCUT2D eigenvalue weighted by atomic mass is 10.1. The van der Waals surface area contributed by atoms with Crippen molar-refractivity contribution in [3.63, 3.8) is 0 Å². The van der Waals surface area contributed by atoms with Gasteiger partial charge in [0.05, 0.1) is 16.1 Å². The van der Waals surface area contributed by atoms with Crippen molar-refractivity contribution in [2.45, 2.75) is 56.8 Å². The molecule has 0 aliphatic heterocycles. The molecule has 41 heavy (non-hydrogen) atoms. The first-order chi connectivity index (χ1) is 19.3. The van der Waals surface area contributed by atoms with Gasteiger partial charge in [0.25, 0.3) is 10.0 Å². The van der Waals surface area contributed by atoms with Crippen molar-refractivity contribution < 1.29 is 31.2 Å². The maximum absolute atomic E-state index is 13.9. The number of anilines is 1. The monoisotopic (exact) mass is 589 g/mol. The van der Waals surface area contributed by atoms with Crippen molar-refractivity contribution in [3.8, 4) is 0 Å². The zero-order chi connectivity index (χ0) is 30.2. The van der Waals surface area contributed by atoms with Crippen molar-refractivity contribution in [3.05, 3.63) is 96.1 Å². The Morgan fingerprint density at radius 3 is 2.07 bits per heavy atom. The van der Waals surface area contributed by atoms with Gasteiger partial charge in [-0.3, -0.25) is 13.9 Å². The Kier molecular flexibility index (Phi) is 10.6. The van der Waals surface area contributed by atoms with Gasteiger partial charge in [-0.1, -0.05) is 61.5 Å². The maximum Gasteiger partial charge on any atom is 0.416 e. The lowest BCUT2D eigenvalue weighted by Gasteiger charge is -2.33. The smallest absolute Gasteiger partial charge is 0.352 e. The van der Waals surface area contributed by atoms with Crippen LogP contribution in [-0.2, 0) is 32.2 Å². The van der Waals surface area contributed by atoms with Crippen molar-refractivity contribution >= 4 is 27.5 Å². The van der Waals surface area contributed by atoms with Crippen molar-refractivity contribution in [1.82, 2.24) is 10.2 Å². The molecule has 0 bridgehead atoms. The fraction of sp³-hybridized carbons (Fsp3) is 0.333. The first-order valence-electron chi connectivity index (χ1n) is 13.2. The van der Waals surface area contributed by atoms with Gasteiger partial charge in [-0.15, -0.1) is 0 Å². The van der Waals surface area contributed by atoms with Gasteiger partial charge in [-0.25, -0.2) is 8.42 Å². The van der Waals surface area contributed by atoms with E-state index in [-0.39, 0.29) is 29.6 Å². The highest BCUT2D eigenvalue weighted by Gasteiger charge is 2.35. The number of amides is 2. The van der Waals surface area contributed by atoms with E-state index >= 15 is 0 Å². The molecule has 2 amide bonds. The summed E-state index contributed by atoms with van der Waals surface area (Å²) < 4.78 is 68.8. The first-order valence-corrected chi connectivity index (χ1v) is 14.7. The molecule has 3 aromatic rings. The molecule has 0 aliphatic rings. The van der Waals surface area contributed by atoms with E-state index < -0.39 is 46.2 Å². The van der Waals surface area contributed by atoms with Gasteiger partial charge in [-0.2, -0.15) is 13.2 Å². The third kappa shape index (κ3) is 8.32. The molecule has 0 aromatic heterocycles. The van der Waals surface area contributed by atoms with Crippen LogP contribution in [0.15, 0.2) is 89.8 Å². The van der Waals surface area contributed by atoms with Crippen LogP contribution < -0.4 is 9.62 Å². The average Bonchev–Trinajstić information content (AvgIpc) is 2.94. The number of carbonyl (C=O) groups is 2. The number of carbonyl (C=O) groups excluding carboxylic acids is 2. The Balaban J connectivity index is 2.06. The zero-order valence-electron chi connectivity index (χ0n) is 23.1. The van der Waals surface area contributed by atoms with Crippen molar-refractivity contribution in [2.24, 2.45) is 0 Å². The van der Waals surface area contributed by atoms with Gasteiger partial charge in [0.2, 0.25) is 11.8 Å². The van der Waals surface area contributed by atoms with Crippen LogP contribution in [0.25, 0.3) is 0 Å². The summed E-state index contributed by atoms with van der Waals surface area (Å²) in [6.45, 7) is 4.58. The topological polar surface area (TPSA) is 86.8 Å². The van der Waals surface area contributed by atoms with Gasteiger partial charge in [0, 0.05) is 12.6 Å². The zero-order valence-corrected chi connectivity index (χ0v) is 24.0. The molecule has 7 nitrogen and oxygen atoms in total. The molecular weight excluding hydrogens is 555 g/mol. The van der Waals surface area contributed by atoms with E-state index in [1.54, 1.807) is 26.8 Å². The summed E-state index contributed by atoms with van der Waals surface area (Å²) in [5.74, 6) is -1.12. The number of nitrogens with one attached hydrogen (secondary N) is 1. The lowest BCUT2D eigenvalue weighted by molar-refractivity contribution is -0.139. The molecule has 1 N–H and O–H groups in total. The summed E-state index contributed by atoms with van der Waals surface area (Å²) in [6, 6.07) is 19.1. The van der Waals surface area contributed by atoms with Crippen LogP contribution in [0.1, 0.15) is 38.3 Å². The van der Waals surface area contributed by atoms with E-state index in [2.05, 4.69) is 5.32 Å². The van der Waals surface area contributed by atoms with Crippen LogP contribution in [0.4, 0.5) is 18.9 Å². The van der Waals surface area contributed by atoms with Gasteiger partial charge >= 0.3 is 6.18 Å². The minimum absolute atomic E-state index is 0.0919. The highest BCUT2D eigenvalue weighted by molar-refractivity contribution is 7.92. The number of rotatable bonds is 12. The quantitative estimate of drug-likeness (QED) is 0.312. The predicted molar refractivity (Wildman–Crippen MR) is 152 cm³/mol. The minimum atomic E-state index is -4.73. The maximum atomic E-state index is 13.9. The molecule has 11 heteroatoms. The van der Waals surface area contributed by atoms with Crippen LogP contribution in [0.5, 0.6) is 0 Å². The second-order valence-corrected chi connectivity index (χ2v) is 11.6. The molecule has 3 aromatic carbocycles. The van der Waals surface area contributed by atoms with Crippen molar-refractivity contribution in [2.75, 3.05) is 17.4 Å². The molecule has 0 saturated carbocycles. The Morgan fingerprint density at radius 2 is 1.51 bits per heavy atom. The number of alkyl halides is 3. The molecule has 3 rings (SSSR count). The molecule has 0 saturated heterocycles. The van der Waals surface area contributed by atoms with E-state index in [1.807, 2.05) is 30.3 Å². The third-order valence-electron chi connectivity index (χ3n) is 6.37. The second kappa shape index (κ2) is 13.7. The van der Waals surface area contributed by atoms with E-state index in [0.29, 0.717) is 16.8 Å². The summed E-state index contributed by atoms with van der Waals surface area (Å²) in [5.41, 5.74) is -0.477. The molecular formula is C30H34F3N3O4S. The SMILES string of the molecule is CC[C@H](C(=O)NC(C)C)N(CCc1ccccc1)C(=O)CN(c1cccc(C(F)(F)F)c1)S(=O)(=O)c1ccccc1. The number of hydrogen-bond acceptors (Lipinski definition) is 4. The average molecular weight is 590 g/mol. The van der Waals surface area contributed by atoms with E-state index in [0.717, 1.165) is 17.7 Å². The van der Waals surface area contributed by atoms with Crippen molar-refractivity contribution in [1.29, 1.82) is 0 Å². The normalized spacial score (nSPS) is 12.6. The highest BCUT2D eigenvalue weighted by atomic mass is 32.2. The molecule has 0 radical (unpaired) electrons. The van der Waals surface area contributed by atoms with E-state index in [1.165, 1.54) is 35.2 Å². The van der Waals surface area contributed by atoms with Gasteiger partial charge in [-0.05, 0) is 62.6 Å². The van der Waals surface area contributed by atoms with E-state index in [4.69, 9.17) is 0 Å². The number of benzene rings is 3. The summed E-state index contributed by atoms with van der Waals surface area (Å²) in [6.07, 6.45) is -4.10. The predicted octanol–water partition coefficient (Wildman–Crippen LogP) is 5.28. The standard InChI is InChI=1S/C30H34F3N3O4S/c1-4-27(29(38)34-22(2)3)35(19-18-23-12-7-5-8-13-23)28(37)21-36(41(39,40)26-16-9-6-10-17-26)25-15-11-14-24(20-25)30(31,32)33/h5-17,20,22,27H,4,18-19,21H2,1-3H3,(H,34,38)/t27-/m1/s1.